The van der Waals surface area contributed by atoms with Gasteiger partial charge in [0.05, 0.1) is 23.3 Å². The Hall–Kier alpha value is -3.38. The molecule has 30 heavy (non-hydrogen) atoms. The number of para-hydroxylation sites is 2. The van der Waals surface area contributed by atoms with Crippen molar-refractivity contribution in [1.82, 2.24) is 19.8 Å². The van der Waals surface area contributed by atoms with E-state index in [-0.39, 0.29) is 11.9 Å². The number of aromatic nitrogens is 2. The molecule has 1 fully saturated rings. The van der Waals surface area contributed by atoms with Crippen LogP contribution >= 0.6 is 0 Å². The first-order chi connectivity index (χ1) is 14.8. The van der Waals surface area contributed by atoms with Gasteiger partial charge in [-0.25, -0.2) is 4.98 Å². The molecule has 0 spiro atoms. The summed E-state index contributed by atoms with van der Waals surface area (Å²) in [6.45, 7) is 2.60. The zero-order valence-electron chi connectivity index (χ0n) is 16.7. The molecule has 6 heteroatoms. The number of hydrogen-bond acceptors (Lipinski definition) is 4. The first kappa shape index (κ1) is 18.6. The van der Waals surface area contributed by atoms with Crippen LogP contribution in [0.4, 0.5) is 0 Å². The summed E-state index contributed by atoms with van der Waals surface area (Å²) < 4.78 is 7.66. The van der Waals surface area contributed by atoms with Crippen molar-refractivity contribution in [2.45, 2.75) is 18.9 Å². The van der Waals surface area contributed by atoms with Gasteiger partial charge in [-0.1, -0.05) is 12.1 Å². The highest BCUT2D eigenvalue weighted by Gasteiger charge is 2.26. The van der Waals surface area contributed by atoms with Crippen LogP contribution in [0.1, 0.15) is 35.0 Å². The van der Waals surface area contributed by atoms with Gasteiger partial charge in [-0.15, -0.1) is 0 Å². The van der Waals surface area contributed by atoms with E-state index >= 15 is 0 Å². The number of nitrogens with zero attached hydrogens (tertiary/aromatic N) is 3. The fourth-order valence-electron chi connectivity index (χ4n) is 4.17. The zero-order valence-corrected chi connectivity index (χ0v) is 16.7. The number of carbonyl (C=O) groups excluding carboxylic acids is 1. The molecule has 1 saturated heterocycles. The molecule has 1 aliphatic heterocycles. The van der Waals surface area contributed by atoms with Crippen molar-refractivity contribution in [1.29, 1.82) is 0 Å². The molecule has 4 aromatic rings. The molecule has 3 heterocycles. The van der Waals surface area contributed by atoms with Gasteiger partial charge in [-0.3, -0.25) is 14.3 Å². The fourth-order valence-corrected chi connectivity index (χ4v) is 4.17. The van der Waals surface area contributed by atoms with E-state index in [2.05, 4.69) is 15.2 Å². The Morgan fingerprint density at radius 1 is 1.03 bits per heavy atom. The molecule has 0 aliphatic carbocycles. The van der Waals surface area contributed by atoms with Gasteiger partial charge in [0, 0.05) is 17.8 Å². The van der Waals surface area contributed by atoms with E-state index in [4.69, 9.17) is 4.42 Å². The highest BCUT2D eigenvalue weighted by atomic mass is 16.3. The van der Waals surface area contributed by atoms with E-state index in [1.807, 2.05) is 71.6 Å². The maximum absolute atomic E-state index is 12.8. The number of likely N-dealkylation sites (tertiary alicyclic amines) is 1. The second-order valence-electron chi connectivity index (χ2n) is 7.63. The number of imidazole rings is 1. The number of amides is 1. The normalized spacial score (nSPS) is 15.5. The van der Waals surface area contributed by atoms with Crippen molar-refractivity contribution < 1.29 is 9.21 Å². The summed E-state index contributed by atoms with van der Waals surface area (Å²) in [5.41, 5.74) is 3.61. The summed E-state index contributed by atoms with van der Waals surface area (Å²) in [6, 6.07) is 19.6. The third-order valence-corrected chi connectivity index (χ3v) is 5.77. The molecular formula is C24H24N4O2. The number of benzene rings is 2. The molecule has 0 radical (unpaired) electrons. The SMILES string of the molecule is O=C(NC[C@@H](c1ccco1)N1CCCC1)c1ccc(-n2cnc3ccccc32)cc1. The second-order valence-corrected chi connectivity index (χ2v) is 7.63. The van der Waals surface area contributed by atoms with Crippen LogP contribution in [0.5, 0.6) is 0 Å². The summed E-state index contributed by atoms with van der Waals surface area (Å²) >= 11 is 0. The van der Waals surface area contributed by atoms with Crippen LogP contribution < -0.4 is 5.32 Å². The molecule has 1 atom stereocenters. The number of carbonyl (C=O) groups is 1. The summed E-state index contributed by atoms with van der Waals surface area (Å²) in [6.07, 6.45) is 5.88. The maximum atomic E-state index is 12.8. The lowest BCUT2D eigenvalue weighted by Crippen LogP contribution is -2.36. The highest BCUT2D eigenvalue weighted by molar-refractivity contribution is 5.94. The fraction of sp³-hybridized carbons (Fsp3) is 0.250. The average Bonchev–Trinajstić information content (AvgIpc) is 3.56. The van der Waals surface area contributed by atoms with Gasteiger partial charge in [-0.2, -0.15) is 0 Å². The Bertz CT molecular complexity index is 1130. The van der Waals surface area contributed by atoms with Crippen molar-refractivity contribution in [3.05, 3.63) is 84.6 Å². The van der Waals surface area contributed by atoms with E-state index in [9.17, 15) is 4.79 Å². The van der Waals surface area contributed by atoms with Crippen LogP contribution in [-0.4, -0.2) is 40.0 Å². The molecule has 1 N–H and O–H groups in total. The van der Waals surface area contributed by atoms with Gasteiger partial charge in [0.2, 0.25) is 0 Å². The second kappa shape index (κ2) is 8.16. The Kier molecular flexibility index (Phi) is 5.07. The van der Waals surface area contributed by atoms with Gasteiger partial charge >= 0.3 is 0 Å². The van der Waals surface area contributed by atoms with E-state index in [1.165, 1.54) is 12.8 Å². The van der Waals surface area contributed by atoms with Crippen LogP contribution in [0, 0.1) is 0 Å². The molecule has 1 aliphatic rings. The Morgan fingerprint density at radius 2 is 1.83 bits per heavy atom. The third kappa shape index (κ3) is 3.62. The molecule has 2 aromatic carbocycles. The average molecular weight is 400 g/mol. The molecule has 5 rings (SSSR count). The lowest BCUT2D eigenvalue weighted by Gasteiger charge is -2.26. The Morgan fingerprint density at radius 3 is 2.60 bits per heavy atom. The quantitative estimate of drug-likeness (QED) is 0.527. The smallest absolute Gasteiger partial charge is 0.251 e. The molecule has 152 valence electrons. The van der Waals surface area contributed by atoms with Crippen molar-refractivity contribution in [2.75, 3.05) is 19.6 Å². The van der Waals surface area contributed by atoms with Gasteiger partial charge < -0.3 is 9.73 Å². The van der Waals surface area contributed by atoms with Crippen molar-refractivity contribution in [3.63, 3.8) is 0 Å². The summed E-state index contributed by atoms with van der Waals surface area (Å²) in [5, 5.41) is 3.09. The number of nitrogens with one attached hydrogen (secondary N) is 1. The molecular weight excluding hydrogens is 376 g/mol. The van der Waals surface area contributed by atoms with Crippen molar-refractivity contribution >= 4 is 16.9 Å². The molecule has 0 unspecified atom stereocenters. The highest BCUT2D eigenvalue weighted by Crippen LogP contribution is 2.25. The van der Waals surface area contributed by atoms with Gasteiger partial charge in [-0.05, 0) is 74.5 Å². The van der Waals surface area contributed by atoms with Gasteiger partial charge in [0.1, 0.15) is 12.1 Å². The summed E-state index contributed by atoms with van der Waals surface area (Å²) in [5.74, 6) is 0.826. The lowest BCUT2D eigenvalue weighted by atomic mass is 10.1. The van der Waals surface area contributed by atoms with Crippen LogP contribution in [0.3, 0.4) is 0 Å². The minimum absolute atomic E-state index is 0.0723. The summed E-state index contributed by atoms with van der Waals surface area (Å²) in [7, 11) is 0. The van der Waals surface area contributed by atoms with E-state index in [0.29, 0.717) is 12.1 Å². The maximum Gasteiger partial charge on any atom is 0.251 e. The van der Waals surface area contributed by atoms with Crippen molar-refractivity contribution in [3.8, 4) is 5.69 Å². The van der Waals surface area contributed by atoms with Gasteiger partial charge in [0.25, 0.3) is 5.91 Å². The number of rotatable bonds is 6. The minimum Gasteiger partial charge on any atom is -0.468 e. The predicted octanol–water partition coefficient (Wildman–Crippen LogP) is 4.19. The van der Waals surface area contributed by atoms with E-state index in [0.717, 1.165) is 35.6 Å². The number of fused-ring (bicyclic) bond motifs is 1. The topological polar surface area (TPSA) is 63.3 Å². The van der Waals surface area contributed by atoms with E-state index in [1.54, 1.807) is 6.26 Å². The van der Waals surface area contributed by atoms with Crippen molar-refractivity contribution in [2.24, 2.45) is 0 Å². The summed E-state index contributed by atoms with van der Waals surface area (Å²) in [4.78, 5) is 19.6. The molecule has 1 amide bonds. The Balaban J connectivity index is 1.29. The molecule has 0 saturated carbocycles. The number of hydrogen-bond donors (Lipinski definition) is 1. The van der Waals surface area contributed by atoms with Crippen LogP contribution in [0.25, 0.3) is 16.7 Å². The first-order valence-electron chi connectivity index (χ1n) is 10.4. The third-order valence-electron chi connectivity index (χ3n) is 5.77. The Labute approximate surface area is 175 Å². The van der Waals surface area contributed by atoms with Crippen LogP contribution in [0.2, 0.25) is 0 Å². The van der Waals surface area contributed by atoms with E-state index < -0.39 is 0 Å². The zero-order chi connectivity index (χ0) is 20.3. The standard InChI is InChI=1S/C24H24N4O2/c29-24(25-16-22(23-8-5-15-30-23)27-13-3-4-14-27)18-9-11-19(12-10-18)28-17-26-20-6-1-2-7-21(20)28/h1-2,5-12,15,17,22H,3-4,13-14,16H2,(H,25,29)/t22-/m0/s1. The minimum atomic E-state index is -0.0761. The first-order valence-corrected chi connectivity index (χ1v) is 10.4. The molecule has 0 bridgehead atoms. The van der Waals surface area contributed by atoms with Gasteiger partial charge in [0.15, 0.2) is 0 Å². The van der Waals surface area contributed by atoms with Crippen LogP contribution in [-0.2, 0) is 0 Å². The van der Waals surface area contributed by atoms with Crippen LogP contribution in [0.15, 0.2) is 77.7 Å². The molecule has 6 nitrogen and oxygen atoms in total. The number of furan rings is 1. The predicted molar refractivity (Wildman–Crippen MR) is 116 cm³/mol. The monoisotopic (exact) mass is 400 g/mol. The molecule has 2 aromatic heterocycles. The lowest BCUT2D eigenvalue weighted by molar-refractivity contribution is 0.0934. The largest absolute Gasteiger partial charge is 0.468 e.